The Morgan fingerprint density at radius 2 is 1.68 bits per heavy atom. The minimum atomic E-state index is -4.56. The summed E-state index contributed by atoms with van der Waals surface area (Å²) < 4.78 is 79.1. The molecule has 10 heteroatoms. The van der Waals surface area contributed by atoms with Crippen molar-refractivity contribution in [3.63, 3.8) is 0 Å². The monoisotopic (exact) mass is 411 g/mol. The fourth-order valence-corrected chi connectivity index (χ4v) is 4.82. The fourth-order valence-electron chi connectivity index (χ4n) is 3.25. The van der Waals surface area contributed by atoms with Crippen LogP contribution >= 0.6 is 0 Å². The molecule has 2 heterocycles. The minimum absolute atomic E-state index is 0.0271. The van der Waals surface area contributed by atoms with Gasteiger partial charge in [0.2, 0.25) is 10.0 Å². The third-order valence-electron chi connectivity index (χ3n) is 4.62. The van der Waals surface area contributed by atoms with E-state index in [1.807, 2.05) is 0 Å². The summed E-state index contributed by atoms with van der Waals surface area (Å²) >= 11 is 0. The number of nitrogens with zero attached hydrogens (tertiary/aromatic N) is 2. The van der Waals surface area contributed by atoms with Crippen LogP contribution in [0.1, 0.15) is 28.4 Å². The largest absolute Gasteiger partial charge is 0.416 e. The van der Waals surface area contributed by atoms with Gasteiger partial charge in [0.25, 0.3) is 0 Å². The second-order valence-electron chi connectivity index (χ2n) is 6.33. The summed E-state index contributed by atoms with van der Waals surface area (Å²) in [7, 11) is -4.12. The summed E-state index contributed by atoms with van der Waals surface area (Å²) in [5, 5.41) is 6.65. The molecule has 0 aliphatic carbocycles. The Morgan fingerprint density at radius 1 is 1.04 bits per heavy atom. The zero-order valence-electron chi connectivity index (χ0n) is 14.1. The molecule has 1 aliphatic rings. The lowest BCUT2D eigenvalue weighted by molar-refractivity contribution is -0.137. The summed E-state index contributed by atoms with van der Waals surface area (Å²) in [6.45, 7) is -0.0271. The summed E-state index contributed by atoms with van der Waals surface area (Å²) in [6, 6.07) is 7.95. The molecule has 0 saturated carbocycles. The highest BCUT2D eigenvalue weighted by Crippen LogP contribution is 2.41. The van der Waals surface area contributed by atoms with Crippen LogP contribution < -0.4 is 0 Å². The molecule has 1 aliphatic heterocycles. The number of sulfonamides is 1. The number of hydrogen-bond acceptors (Lipinski definition) is 3. The van der Waals surface area contributed by atoms with Crippen LogP contribution in [0.5, 0.6) is 0 Å². The quantitative estimate of drug-likeness (QED) is 0.666. The standard InChI is InChI=1S/C18H13F4N3O2S/c19-13-5-1-11(2-6-13)17-15-9-23-24-16(15)10-25(17)28(26,27)14-7-3-12(4-8-14)18(20,21)22/h1-9,17H,10H2,(H,23,24)/t17-/m0/s1. The Kier molecular flexibility index (Phi) is 4.27. The van der Waals surface area contributed by atoms with Crippen molar-refractivity contribution in [3.8, 4) is 0 Å². The number of fused-ring (bicyclic) bond motifs is 1. The lowest BCUT2D eigenvalue weighted by Gasteiger charge is -2.25. The van der Waals surface area contributed by atoms with Crippen molar-refractivity contribution >= 4 is 10.0 Å². The maximum atomic E-state index is 13.3. The molecule has 2 aromatic carbocycles. The molecule has 1 atom stereocenters. The van der Waals surface area contributed by atoms with Crippen molar-refractivity contribution in [2.24, 2.45) is 0 Å². The molecule has 1 aromatic heterocycles. The molecular formula is C18H13F4N3O2S. The average Bonchev–Trinajstić information content (AvgIpc) is 3.23. The third-order valence-corrected chi connectivity index (χ3v) is 6.45. The van der Waals surface area contributed by atoms with Crippen LogP contribution in [-0.4, -0.2) is 22.9 Å². The third kappa shape index (κ3) is 3.08. The Balaban J connectivity index is 1.76. The van der Waals surface area contributed by atoms with Crippen LogP contribution in [0.25, 0.3) is 0 Å². The molecular weight excluding hydrogens is 398 g/mol. The number of alkyl halides is 3. The number of benzene rings is 2. The first kappa shape index (κ1) is 18.6. The van der Waals surface area contributed by atoms with Crippen LogP contribution in [0.15, 0.2) is 59.6 Å². The Labute approximate surface area is 157 Å². The Morgan fingerprint density at radius 3 is 2.29 bits per heavy atom. The fraction of sp³-hybridized carbons (Fsp3) is 0.167. The van der Waals surface area contributed by atoms with E-state index in [0.29, 0.717) is 16.8 Å². The van der Waals surface area contributed by atoms with Gasteiger partial charge in [-0.05, 0) is 42.0 Å². The Hall–Kier alpha value is -2.72. The van der Waals surface area contributed by atoms with E-state index < -0.39 is 33.6 Å². The van der Waals surface area contributed by atoms with E-state index in [2.05, 4.69) is 10.2 Å². The van der Waals surface area contributed by atoms with E-state index in [-0.39, 0.29) is 11.4 Å². The number of halogens is 4. The molecule has 4 rings (SSSR count). The summed E-state index contributed by atoms with van der Waals surface area (Å²) in [6.07, 6.45) is -3.07. The van der Waals surface area contributed by atoms with E-state index >= 15 is 0 Å². The zero-order chi connectivity index (χ0) is 20.1. The van der Waals surface area contributed by atoms with Crippen LogP contribution in [0.4, 0.5) is 17.6 Å². The van der Waals surface area contributed by atoms with Crippen molar-refractivity contribution in [2.45, 2.75) is 23.7 Å². The van der Waals surface area contributed by atoms with Gasteiger partial charge in [-0.2, -0.15) is 22.6 Å². The van der Waals surface area contributed by atoms with Crippen molar-refractivity contribution in [1.29, 1.82) is 0 Å². The lowest BCUT2D eigenvalue weighted by Crippen LogP contribution is -2.30. The lowest BCUT2D eigenvalue weighted by atomic mass is 10.0. The molecule has 0 bridgehead atoms. The molecule has 0 amide bonds. The average molecular weight is 411 g/mol. The van der Waals surface area contributed by atoms with Crippen LogP contribution in [0.2, 0.25) is 0 Å². The van der Waals surface area contributed by atoms with E-state index in [9.17, 15) is 26.0 Å². The van der Waals surface area contributed by atoms with Gasteiger partial charge in [-0.1, -0.05) is 12.1 Å². The molecule has 28 heavy (non-hydrogen) atoms. The first-order valence-electron chi connectivity index (χ1n) is 8.14. The van der Waals surface area contributed by atoms with Crippen LogP contribution in [-0.2, 0) is 22.7 Å². The highest BCUT2D eigenvalue weighted by atomic mass is 32.2. The molecule has 0 spiro atoms. The van der Waals surface area contributed by atoms with Crippen molar-refractivity contribution in [2.75, 3.05) is 0 Å². The summed E-state index contributed by atoms with van der Waals surface area (Å²) in [5.74, 6) is -0.466. The summed E-state index contributed by atoms with van der Waals surface area (Å²) in [4.78, 5) is -0.259. The van der Waals surface area contributed by atoms with Gasteiger partial charge in [0.15, 0.2) is 0 Å². The molecule has 3 aromatic rings. The van der Waals surface area contributed by atoms with Gasteiger partial charge in [0, 0.05) is 5.56 Å². The summed E-state index contributed by atoms with van der Waals surface area (Å²) in [5.41, 5.74) is 0.779. The maximum absolute atomic E-state index is 13.3. The van der Waals surface area contributed by atoms with Crippen LogP contribution in [0.3, 0.4) is 0 Å². The first-order chi connectivity index (χ1) is 13.2. The predicted octanol–water partition coefficient (Wildman–Crippen LogP) is 3.86. The molecule has 0 saturated heterocycles. The van der Waals surface area contributed by atoms with E-state index in [4.69, 9.17) is 0 Å². The normalized spacial score (nSPS) is 17.6. The second-order valence-corrected chi connectivity index (χ2v) is 8.22. The van der Waals surface area contributed by atoms with Gasteiger partial charge < -0.3 is 0 Å². The minimum Gasteiger partial charge on any atom is -0.281 e. The second kappa shape index (κ2) is 6.42. The number of rotatable bonds is 3. The predicted molar refractivity (Wildman–Crippen MR) is 91.0 cm³/mol. The van der Waals surface area contributed by atoms with Gasteiger partial charge >= 0.3 is 6.18 Å². The zero-order valence-corrected chi connectivity index (χ0v) is 14.9. The Bertz CT molecular complexity index is 1110. The van der Waals surface area contributed by atoms with E-state index in [0.717, 1.165) is 28.6 Å². The number of aromatic amines is 1. The molecule has 0 radical (unpaired) electrons. The van der Waals surface area contributed by atoms with Crippen molar-refractivity contribution in [1.82, 2.24) is 14.5 Å². The smallest absolute Gasteiger partial charge is 0.281 e. The number of hydrogen-bond donors (Lipinski definition) is 1. The SMILES string of the molecule is O=S(=O)(c1ccc(C(F)(F)F)cc1)N1Cc2[nH]ncc2[C@@H]1c1ccc(F)cc1. The molecule has 5 nitrogen and oxygen atoms in total. The highest BCUT2D eigenvalue weighted by Gasteiger charge is 2.41. The van der Waals surface area contributed by atoms with Crippen molar-refractivity contribution < 1.29 is 26.0 Å². The van der Waals surface area contributed by atoms with Gasteiger partial charge in [-0.25, -0.2) is 12.8 Å². The van der Waals surface area contributed by atoms with Gasteiger partial charge in [-0.3, -0.25) is 5.10 Å². The van der Waals surface area contributed by atoms with Crippen molar-refractivity contribution in [3.05, 3.63) is 82.9 Å². The number of aromatic nitrogens is 2. The van der Waals surface area contributed by atoms with Crippen LogP contribution in [0, 0.1) is 5.82 Å². The van der Waals surface area contributed by atoms with Gasteiger partial charge in [0.05, 0.1) is 34.9 Å². The molecule has 1 N–H and O–H groups in total. The topological polar surface area (TPSA) is 66.1 Å². The van der Waals surface area contributed by atoms with E-state index in [1.165, 1.54) is 30.5 Å². The highest BCUT2D eigenvalue weighted by molar-refractivity contribution is 7.89. The number of nitrogens with one attached hydrogen (secondary N) is 1. The van der Waals surface area contributed by atoms with Gasteiger partial charge in [0.1, 0.15) is 5.82 Å². The van der Waals surface area contributed by atoms with E-state index in [1.54, 1.807) is 0 Å². The maximum Gasteiger partial charge on any atom is 0.416 e. The first-order valence-corrected chi connectivity index (χ1v) is 9.58. The molecule has 146 valence electrons. The number of H-pyrrole nitrogens is 1. The van der Waals surface area contributed by atoms with Gasteiger partial charge in [-0.15, -0.1) is 0 Å². The molecule has 0 unspecified atom stereocenters. The molecule has 0 fully saturated rings.